The highest BCUT2D eigenvalue weighted by Gasteiger charge is 2.18. The predicted molar refractivity (Wildman–Crippen MR) is 146 cm³/mol. The molecule has 0 aliphatic heterocycles. The maximum atomic E-state index is 11.9. The summed E-state index contributed by atoms with van der Waals surface area (Å²) < 4.78 is 7.32. The molecule has 0 saturated heterocycles. The third kappa shape index (κ3) is 4.49. The van der Waals surface area contributed by atoms with Crippen LogP contribution in [-0.2, 0) is 9.53 Å². The smallest absolute Gasteiger partial charge is 0.305 e. The molecule has 3 aromatic heterocycles. The van der Waals surface area contributed by atoms with Gasteiger partial charge in [0, 0.05) is 81.6 Å². The highest BCUT2D eigenvalue weighted by Crippen LogP contribution is 2.33. The van der Waals surface area contributed by atoms with Crippen LogP contribution in [0.15, 0.2) is 97.8 Å². The molecule has 6 rings (SSSR count). The van der Waals surface area contributed by atoms with Crippen molar-refractivity contribution in [3.63, 3.8) is 0 Å². The van der Waals surface area contributed by atoms with Crippen molar-refractivity contribution in [2.75, 3.05) is 6.61 Å². The summed E-state index contributed by atoms with van der Waals surface area (Å²) in [7, 11) is 0. The van der Waals surface area contributed by atoms with Gasteiger partial charge in [-0.2, -0.15) is 4.57 Å². The molecule has 6 aromatic rings. The minimum absolute atomic E-state index is 0.131. The average molecular weight is 487 g/mol. The number of carbonyl (C=O) groups is 1. The number of carbonyl (C=O) groups excluding carboxylic acids is 1. The monoisotopic (exact) mass is 486 g/mol. The lowest BCUT2D eigenvalue weighted by molar-refractivity contribution is -0.592. The molecule has 0 spiro atoms. The molecular formula is C32H28N3O2+. The highest BCUT2D eigenvalue weighted by molar-refractivity contribution is 6.22. The van der Waals surface area contributed by atoms with Gasteiger partial charge in [0.15, 0.2) is 12.4 Å². The molecule has 0 bridgehead atoms. The van der Waals surface area contributed by atoms with Crippen molar-refractivity contribution < 1.29 is 14.1 Å². The van der Waals surface area contributed by atoms with Gasteiger partial charge in [-0.05, 0) is 55.2 Å². The predicted octanol–water partition coefficient (Wildman–Crippen LogP) is 6.52. The van der Waals surface area contributed by atoms with Crippen LogP contribution in [0.5, 0.6) is 0 Å². The maximum Gasteiger partial charge on any atom is 0.305 e. The van der Waals surface area contributed by atoms with Crippen LogP contribution in [0, 0.1) is 0 Å². The van der Waals surface area contributed by atoms with Crippen molar-refractivity contribution in [2.24, 2.45) is 0 Å². The van der Waals surface area contributed by atoms with Crippen LogP contribution < -0.4 is 4.57 Å². The van der Waals surface area contributed by atoms with Crippen LogP contribution >= 0.6 is 0 Å². The number of ether oxygens (including phenoxy) is 1. The lowest BCUT2D eigenvalue weighted by Crippen LogP contribution is -2.29. The molecule has 182 valence electrons. The van der Waals surface area contributed by atoms with Crippen LogP contribution in [0.25, 0.3) is 38.0 Å². The van der Waals surface area contributed by atoms with Crippen LogP contribution in [0.3, 0.4) is 0 Å². The molecule has 1 unspecified atom stereocenters. The summed E-state index contributed by atoms with van der Waals surface area (Å²) in [5.74, 6) is 0.0590. The SMILES string of the molecule is CCOC(=O)CCCC(c1ccncc1)c1ccc(-[n+]2cc3ccc4cncc5ccc(c2)c3c45)cc1. The molecule has 0 aliphatic rings. The molecule has 5 nitrogen and oxygen atoms in total. The molecule has 0 saturated carbocycles. The number of hydrogen-bond acceptors (Lipinski definition) is 4. The molecule has 0 amide bonds. The third-order valence-corrected chi connectivity index (χ3v) is 7.15. The van der Waals surface area contributed by atoms with Gasteiger partial charge in [0.1, 0.15) is 0 Å². The molecule has 0 fully saturated rings. The molecule has 37 heavy (non-hydrogen) atoms. The van der Waals surface area contributed by atoms with Crippen LogP contribution in [-0.4, -0.2) is 22.5 Å². The van der Waals surface area contributed by atoms with Gasteiger partial charge in [-0.3, -0.25) is 14.8 Å². The molecule has 0 N–H and O–H groups in total. The van der Waals surface area contributed by atoms with Gasteiger partial charge in [0.05, 0.1) is 6.61 Å². The van der Waals surface area contributed by atoms with Gasteiger partial charge in [-0.15, -0.1) is 0 Å². The van der Waals surface area contributed by atoms with E-state index in [1.165, 1.54) is 43.4 Å². The number of benzene rings is 3. The molecule has 0 radical (unpaired) electrons. The third-order valence-electron chi connectivity index (χ3n) is 7.15. The molecule has 5 heteroatoms. The largest absolute Gasteiger partial charge is 0.466 e. The van der Waals surface area contributed by atoms with E-state index >= 15 is 0 Å². The van der Waals surface area contributed by atoms with E-state index in [1.54, 1.807) is 0 Å². The Morgan fingerprint density at radius 2 is 1.38 bits per heavy atom. The topological polar surface area (TPSA) is 56.0 Å². The van der Waals surface area contributed by atoms with E-state index < -0.39 is 0 Å². The summed E-state index contributed by atoms with van der Waals surface area (Å²) in [6.45, 7) is 2.27. The summed E-state index contributed by atoms with van der Waals surface area (Å²) >= 11 is 0. The second-order valence-corrected chi connectivity index (χ2v) is 9.43. The normalized spacial score (nSPS) is 12.4. The van der Waals surface area contributed by atoms with Crippen LogP contribution in [0.4, 0.5) is 0 Å². The zero-order chi connectivity index (χ0) is 25.2. The average Bonchev–Trinajstić information content (AvgIpc) is 2.95. The standard InChI is InChI=1S/C32H28N3O2/c1-2-37-30(36)5-3-4-29(23-14-16-33-17-15-23)22-10-12-28(13-11-22)35-20-26-8-6-24-18-34-19-25-7-9-27(21-35)32(26)31(24)25/h6-21,29H,2-5H2,1H3/q+1. The van der Waals surface area contributed by atoms with E-state index in [9.17, 15) is 4.79 Å². The fourth-order valence-corrected chi connectivity index (χ4v) is 5.40. The lowest BCUT2D eigenvalue weighted by atomic mass is 9.87. The number of rotatable bonds is 8. The summed E-state index contributed by atoms with van der Waals surface area (Å²) in [5, 5.41) is 7.31. The van der Waals surface area contributed by atoms with Crippen molar-refractivity contribution in [3.05, 3.63) is 109 Å². The summed E-state index contributed by atoms with van der Waals surface area (Å²) in [6.07, 6.45) is 14.0. The van der Waals surface area contributed by atoms with Gasteiger partial charge in [0.2, 0.25) is 5.69 Å². The Balaban J connectivity index is 1.32. The van der Waals surface area contributed by atoms with Crippen molar-refractivity contribution in [1.29, 1.82) is 0 Å². The second-order valence-electron chi connectivity index (χ2n) is 9.43. The molecule has 3 aromatic carbocycles. The van der Waals surface area contributed by atoms with E-state index in [-0.39, 0.29) is 11.9 Å². The Bertz CT molecular complexity index is 1620. The Morgan fingerprint density at radius 1 is 0.784 bits per heavy atom. The van der Waals surface area contributed by atoms with Crippen molar-refractivity contribution in [3.8, 4) is 5.69 Å². The first-order chi connectivity index (χ1) is 18.2. The number of pyridine rings is 3. The van der Waals surface area contributed by atoms with E-state index in [1.807, 2.05) is 31.7 Å². The van der Waals surface area contributed by atoms with Crippen molar-refractivity contribution in [2.45, 2.75) is 32.1 Å². The fourth-order valence-electron chi connectivity index (χ4n) is 5.40. The van der Waals surface area contributed by atoms with E-state index in [0.717, 1.165) is 18.5 Å². The Labute approximate surface area is 215 Å². The first-order valence-corrected chi connectivity index (χ1v) is 12.8. The first-order valence-electron chi connectivity index (χ1n) is 12.8. The summed E-state index contributed by atoms with van der Waals surface area (Å²) in [4.78, 5) is 20.4. The van der Waals surface area contributed by atoms with Crippen molar-refractivity contribution >= 4 is 38.3 Å². The Hall–Kier alpha value is -4.38. The van der Waals surface area contributed by atoms with E-state index in [4.69, 9.17) is 4.74 Å². The molecular weight excluding hydrogens is 458 g/mol. The zero-order valence-electron chi connectivity index (χ0n) is 20.8. The highest BCUT2D eigenvalue weighted by atomic mass is 16.5. The fraction of sp³-hybridized carbons (Fsp3) is 0.188. The molecule has 0 aliphatic carbocycles. The van der Waals surface area contributed by atoms with Gasteiger partial charge in [0.25, 0.3) is 0 Å². The van der Waals surface area contributed by atoms with Gasteiger partial charge < -0.3 is 4.74 Å². The van der Waals surface area contributed by atoms with Gasteiger partial charge in [-0.1, -0.05) is 24.3 Å². The second kappa shape index (κ2) is 9.94. The van der Waals surface area contributed by atoms with Gasteiger partial charge in [-0.25, -0.2) is 0 Å². The number of aromatic nitrogens is 3. The van der Waals surface area contributed by atoms with Gasteiger partial charge >= 0.3 is 5.97 Å². The zero-order valence-corrected chi connectivity index (χ0v) is 20.8. The maximum absolute atomic E-state index is 11.9. The number of nitrogens with zero attached hydrogens (tertiary/aromatic N) is 3. The summed E-state index contributed by atoms with van der Waals surface area (Å²) in [6, 6.07) is 21.5. The molecule has 1 atom stereocenters. The van der Waals surface area contributed by atoms with E-state index in [0.29, 0.717) is 13.0 Å². The van der Waals surface area contributed by atoms with Crippen molar-refractivity contribution in [1.82, 2.24) is 9.97 Å². The summed E-state index contributed by atoms with van der Waals surface area (Å²) in [5.41, 5.74) is 3.54. The Morgan fingerprint density at radius 3 is 2.03 bits per heavy atom. The lowest BCUT2D eigenvalue weighted by Gasteiger charge is -2.18. The quantitative estimate of drug-likeness (QED) is 0.140. The molecule has 3 heterocycles. The van der Waals surface area contributed by atoms with Crippen LogP contribution in [0.1, 0.15) is 43.2 Å². The first kappa shape index (κ1) is 23.0. The Kier molecular flexibility index (Phi) is 6.19. The number of esters is 1. The minimum atomic E-state index is -0.131. The van der Waals surface area contributed by atoms with E-state index in [2.05, 4.69) is 87.6 Å². The van der Waals surface area contributed by atoms with Crippen LogP contribution in [0.2, 0.25) is 0 Å². The number of hydrogen-bond donors (Lipinski definition) is 0. The minimum Gasteiger partial charge on any atom is -0.466 e.